The number of benzene rings is 1. The molecule has 1 aliphatic carbocycles. The Morgan fingerprint density at radius 2 is 2.25 bits per heavy atom. The van der Waals surface area contributed by atoms with Crippen molar-refractivity contribution in [1.82, 2.24) is 5.32 Å². The van der Waals surface area contributed by atoms with E-state index in [1.807, 2.05) is 6.92 Å². The number of hydrogen-bond acceptors (Lipinski definition) is 3. The van der Waals surface area contributed by atoms with Crippen LogP contribution in [0.3, 0.4) is 0 Å². The first-order chi connectivity index (χ1) is 9.53. The third-order valence-electron chi connectivity index (χ3n) is 4.20. The molecule has 0 amide bonds. The van der Waals surface area contributed by atoms with Gasteiger partial charge in [0.15, 0.2) is 0 Å². The second-order valence-corrected chi connectivity index (χ2v) is 7.32. The fourth-order valence-corrected chi connectivity index (χ4v) is 3.57. The van der Waals surface area contributed by atoms with Crippen molar-refractivity contribution in [1.29, 1.82) is 0 Å². The molecular formula is C16H23BrN2O. The summed E-state index contributed by atoms with van der Waals surface area (Å²) >= 11 is 3.69. The molecule has 1 saturated carbocycles. The molecule has 1 saturated heterocycles. The minimum atomic E-state index is -0.566. The molecule has 1 aliphatic heterocycles. The molecule has 2 fully saturated rings. The first-order valence-electron chi connectivity index (χ1n) is 7.53. The van der Waals surface area contributed by atoms with E-state index in [1.54, 1.807) is 0 Å². The molecule has 4 heteroatoms. The van der Waals surface area contributed by atoms with Crippen LogP contribution in [-0.4, -0.2) is 29.8 Å². The Morgan fingerprint density at radius 3 is 2.90 bits per heavy atom. The van der Waals surface area contributed by atoms with Crippen molar-refractivity contribution >= 4 is 21.6 Å². The van der Waals surface area contributed by atoms with Crippen molar-refractivity contribution in [2.45, 2.75) is 50.8 Å². The number of anilines is 1. The lowest BCUT2D eigenvalue weighted by Crippen LogP contribution is -2.46. The van der Waals surface area contributed by atoms with Gasteiger partial charge in [-0.15, -0.1) is 0 Å². The highest BCUT2D eigenvalue weighted by atomic mass is 79.9. The number of nitrogens with zero attached hydrogens (tertiary/aromatic N) is 1. The number of halogens is 1. The topological polar surface area (TPSA) is 35.5 Å². The Kier molecular flexibility index (Phi) is 4.07. The van der Waals surface area contributed by atoms with Crippen LogP contribution in [0.15, 0.2) is 22.7 Å². The maximum Gasteiger partial charge on any atom is 0.0794 e. The van der Waals surface area contributed by atoms with E-state index in [2.05, 4.69) is 44.3 Å². The number of piperidine rings is 1. The molecule has 1 aromatic carbocycles. The van der Waals surface area contributed by atoms with Crippen molar-refractivity contribution < 1.29 is 5.11 Å². The Hall–Kier alpha value is -0.580. The Morgan fingerprint density at radius 1 is 1.45 bits per heavy atom. The zero-order chi connectivity index (χ0) is 14.2. The van der Waals surface area contributed by atoms with Crippen molar-refractivity contribution in [2.75, 3.05) is 18.0 Å². The van der Waals surface area contributed by atoms with Crippen LogP contribution < -0.4 is 10.2 Å². The molecule has 2 aliphatic rings. The summed E-state index contributed by atoms with van der Waals surface area (Å²) in [6.45, 7) is 4.61. The smallest absolute Gasteiger partial charge is 0.0794 e. The van der Waals surface area contributed by atoms with E-state index < -0.39 is 5.60 Å². The minimum Gasteiger partial charge on any atom is -0.388 e. The van der Waals surface area contributed by atoms with Crippen molar-refractivity contribution in [3.8, 4) is 0 Å². The molecule has 0 spiro atoms. The van der Waals surface area contributed by atoms with Crippen LogP contribution >= 0.6 is 15.9 Å². The SMILES string of the molecule is CC1(O)CCCN(c2ccc(CNC3CC3)cc2Br)C1. The van der Waals surface area contributed by atoms with Crippen molar-refractivity contribution in [3.63, 3.8) is 0 Å². The Labute approximate surface area is 129 Å². The molecule has 0 aromatic heterocycles. The molecule has 1 unspecified atom stereocenters. The van der Waals surface area contributed by atoms with Crippen LogP contribution in [0.1, 0.15) is 38.2 Å². The third kappa shape index (κ3) is 3.54. The maximum atomic E-state index is 10.2. The Balaban J connectivity index is 1.69. The molecule has 20 heavy (non-hydrogen) atoms. The summed E-state index contributed by atoms with van der Waals surface area (Å²) in [5.41, 5.74) is 1.95. The summed E-state index contributed by atoms with van der Waals surface area (Å²) in [4.78, 5) is 2.28. The van der Waals surface area contributed by atoms with Gasteiger partial charge >= 0.3 is 0 Å². The molecule has 1 atom stereocenters. The van der Waals surface area contributed by atoms with Gasteiger partial charge in [-0.05, 0) is 66.2 Å². The zero-order valence-electron chi connectivity index (χ0n) is 12.0. The third-order valence-corrected chi connectivity index (χ3v) is 4.84. The quantitative estimate of drug-likeness (QED) is 0.885. The van der Waals surface area contributed by atoms with Crippen LogP contribution in [0.5, 0.6) is 0 Å². The van der Waals surface area contributed by atoms with Gasteiger partial charge in [0.1, 0.15) is 0 Å². The number of hydrogen-bond donors (Lipinski definition) is 2. The first-order valence-corrected chi connectivity index (χ1v) is 8.32. The minimum absolute atomic E-state index is 0.566. The summed E-state index contributed by atoms with van der Waals surface area (Å²) < 4.78 is 1.13. The number of aliphatic hydroxyl groups is 1. The summed E-state index contributed by atoms with van der Waals surface area (Å²) in [7, 11) is 0. The average Bonchev–Trinajstić information content (AvgIpc) is 3.19. The van der Waals surface area contributed by atoms with E-state index in [0.29, 0.717) is 6.54 Å². The van der Waals surface area contributed by atoms with Crippen molar-refractivity contribution in [3.05, 3.63) is 28.2 Å². The van der Waals surface area contributed by atoms with E-state index in [1.165, 1.54) is 24.1 Å². The monoisotopic (exact) mass is 338 g/mol. The van der Waals surface area contributed by atoms with E-state index in [0.717, 1.165) is 36.4 Å². The lowest BCUT2D eigenvalue weighted by molar-refractivity contribution is 0.0449. The number of rotatable bonds is 4. The lowest BCUT2D eigenvalue weighted by atomic mass is 9.94. The highest BCUT2D eigenvalue weighted by Crippen LogP contribution is 2.32. The standard InChI is InChI=1S/C16H23BrN2O/c1-16(20)7-2-8-19(11-16)15-6-3-12(9-14(15)17)10-18-13-4-5-13/h3,6,9,13,18,20H,2,4-5,7-8,10-11H2,1H3. The van der Waals surface area contributed by atoms with E-state index >= 15 is 0 Å². The molecule has 3 rings (SSSR count). The summed E-state index contributed by atoms with van der Waals surface area (Å²) in [6.07, 6.45) is 4.58. The molecule has 0 radical (unpaired) electrons. The first kappa shape index (κ1) is 14.4. The van der Waals surface area contributed by atoms with E-state index in [-0.39, 0.29) is 0 Å². The van der Waals surface area contributed by atoms with Gasteiger partial charge in [0, 0.05) is 30.1 Å². The average molecular weight is 339 g/mol. The normalized spacial score (nSPS) is 26.9. The summed E-state index contributed by atoms with van der Waals surface area (Å²) in [5, 5.41) is 13.8. The van der Waals surface area contributed by atoms with E-state index in [9.17, 15) is 5.11 Å². The molecule has 1 aromatic rings. The van der Waals surface area contributed by atoms with Crippen LogP contribution in [0.2, 0.25) is 0 Å². The number of β-amino-alcohol motifs (C(OH)–C–C–N with tert-alkyl or cyclic N) is 1. The zero-order valence-corrected chi connectivity index (χ0v) is 13.6. The fraction of sp³-hybridized carbons (Fsp3) is 0.625. The van der Waals surface area contributed by atoms with Crippen LogP contribution in [0.25, 0.3) is 0 Å². The molecule has 1 heterocycles. The highest BCUT2D eigenvalue weighted by molar-refractivity contribution is 9.10. The van der Waals surface area contributed by atoms with Gasteiger partial charge in [0.2, 0.25) is 0 Å². The van der Waals surface area contributed by atoms with Gasteiger partial charge in [0.25, 0.3) is 0 Å². The van der Waals surface area contributed by atoms with E-state index in [4.69, 9.17) is 0 Å². The van der Waals surface area contributed by atoms with Gasteiger partial charge in [-0.3, -0.25) is 0 Å². The van der Waals surface area contributed by atoms with Gasteiger partial charge < -0.3 is 15.3 Å². The van der Waals surface area contributed by atoms with Crippen LogP contribution in [0, 0.1) is 0 Å². The number of nitrogens with one attached hydrogen (secondary N) is 1. The lowest BCUT2D eigenvalue weighted by Gasteiger charge is -2.38. The van der Waals surface area contributed by atoms with Crippen molar-refractivity contribution in [2.24, 2.45) is 0 Å². The molecule has 110 valence electrons. The summed E-state index contributed by atoms with van der Waals surface area (Å²) in [6, 6.07) is 7.31. The predicted octanol–water partition coefficient (Wildman–Crippen LogP) is 3.05. The van der Waals surface area contributed by atoms with Gasteiger partial charge in [-0.25, -0.2) is 0 Å². The van der Waals surface area contributed by atoms with Gasteiger partial charge in [0.05, 0.1) is 11.3 Å². The highest BCUT2D eigenvalue weighted by Gasteiger charge is 2.29. The Bertz CT molecular complexity index is 485. The van der Waals surface area contributed by atoms with Gasteiger partial charge in [-0.1, -0.05) is 6.07 Å². The molecular weight excluding hydrogens is 316 g/mol. The predicted molar refractivity (Wildman–Crippen MR) is 86.1 cm³/mol. The van der Waals surface area contributed by atoms with Crippen LogP contribution in [-0.2, 0) is 6.54 Å². The maximum absolute atomic E-state index is 10.2. The molecule has 0 bridgehead atoms. The summed E-state index contributed by atoms with van der Waals surface area (Å²) in [5.74, 6) is 0. The fourth-order valence-electron chi connectivity index (χ4n) is 2.89. The second kappa shape index (κ2) is 5.66. The van der Waals surface area contributed by atoms with Crippen LogP contribution in [0.4, 0.5) is 5.69 Å². The largest absolute Gasteiger partial charge is 0.388 e. The molecule has 3 nitrogen and oxygen atoms in total. The second-order valence-electron chi connectivity index (χ2n) is 6.46. The van der Waals surface area contributed by atoms with Gasteiger partial charge in [-0.2, -0.15) is 0 Å². The molecule has 2 N–H and O–H groups in total.